The molecule has 0 amide bonds. The van der Waals surface area contributed by atoms with Gasteiger partial charge in [-0.05, 0) is 18.4 Å². The van der Waals surface area contributed by atoms with E-state index in [9.17, 15) is 9.09 Å². The third-order valence-electron chi connectivity index (χ3n) is 1.09. The molecule has 3 nitrogen and oxygen atoms in total. The molecule has 0 saturated carbocycles. The van der Waals surface area contributed by atoms with E-state index < -0.39 is 13.3 Å². The smallest absolute Gasteiger partial charge is 0.304 e. The summed E-state index contributed by atoms with van der Waals surface area (Å²) in [6.07, 6.45) is -0.293. The van der Waals surface area contributed by atoms with Gasteiger partial charge >= 0.3 is 7.60 Å². The predicted octanol–water partition coefficient (Wildman–Crippen LogP) is 2.91. The van der Waals surface area contributed by atoms with Crippen molar-refractivity contribution in [3.8, 4) is 0 Å². The molecule has 68 valence electrons. The van der Waals surface area contributed by atoms with Crippen LogP contribution in [-0.4, -0.2) is 11.8 Å². The van der Waals surface area contributed by atoms with Crippen LogP contribution >= 0.6 is 7.60 Å². The maximum Gasteiger partial charge on any atom is 0.366 e. The number of halogens is 1. The molecule has 0 aromatic carbocycles. The van der Waals surface area contributed by atoms with Crippen molar-refractivity contribution in [3.63, 3.8) is 0 Å². The first-order valence-corrected chi connectivity index (χ1v) is 5.12. The molecule has 0 aromatic rings. The largest absolute Gasteiger partial charge is 0.366 e. The topological polar surface area (TPSA) is 35.5 Å². The lowest BCUT2D eigenvalue weighted by molar-refractivity contribution is -0.0332. The SMILES string of the molecule is CC(C)OP(=O)(OF)C(C)C. The zero-order valence-corrected chi connectivity index (χ0v) is 8.10. The summed E-state index contributed by atoms with van der Waals surface area (Å²) < 4.78 is 31.2. The summed E-state index contributed by atoms with van der Waals surface area (Å²) in [5.74, 6) is 0. The Morgan fingerprint density at radius 1 is 1.27 bits per heavy atom. The van der Waals surface area contributed by atoms with Crippen LogP contribution in [0.5, 0.6) is 0 Å². The molecule has 0 saturated heterocycles. The molecule has 0 aliphatic rings. The van der Waals surface area contributed by atoms with E-state index in [-0.39, 0.29) is 6.10 Å². The van der Waals surface area contributed by atoms with E-state index in [1.54, 1.807) is 27.7 Å². The Labute approximate surface area is 66.3 Å². The van der Waals surface area contributed by atoms with Crippen LogP contribution in [0.3, 0.4) is 0 Å². The van der Waals surface area contributed by atoms with E-state index in [0.717, 1.165) is 0 Å². The fourth-order valence-corrected chi connectivity index (χ4v) is 1.53. The summed E-state index contributed by atoms with van der Waals surface area (Å²) >= 11 is 0. The summed E-state index contributed by atoms with van der Waals surface area (Å²) in [7, 11) is -3.49. The zero-order chi connectivity index (χ0) is 9.07. The summed E-state index contributed by atoms with van der Waals surface area (Å²) in [6, 6.07) is 0. The maximum absolute atomic E-state index is 11.8. The molecule has 0 fully saturated rings. The average molecular weight is 184 g/mol. The summed E-state index contributed by atoms with van der Waals surface area (Å²) in [5, 5.41) is 0. The molecule has 0 rings (SSSR count). The van der Waals surface area contributed by atoms with Crippen LogP contribution < -0.4 is 0 Å². The normalized spacial score (nSPS) is 17.4. The average Bonchev–Trinajstić information content (AvgIpc) is 1.86. The quantitative estimate of drug-likeness (QED) is 0.630. The lowest BCUT2D eigenvalue weighted by Crippen LogP contribution is -2.07. The Hall–Kier alpha value is 0.0800. The number of rotatable bonds is 4. The Kier molecular flexibility index (Phi) is 4.22. The highest BCUT2D eigenvalue weighted by atomic mass is 31.2. The molecule has 0 radical (unpaired) electrons. The van der Waals surface area contributed by atoms with Gasteiger partial charge in [-0.25, -0.2) is 0 Å². The van der Waals surface area contributed by atoms with Gasteiger partial charge in [0.25, 0.3) is 0 Å². The van der Waals surface area contributed by atoms with Crippen LogP contribution in [0.1, 0.15) is 27.7 Å². The molecule has 0 bridgehead atoms. The van der Waals surface area contributed by atoms with Gasteiger partial charge in [-0.15, -0.1) is 4.73 Å². The van der Waals surface area contributed by atoms with Crippen molar-refractivity contribution in [3.05, 3.63) is 0 Å². The van der Waals surface area contributed by atoms with Crippen molar-refractivity contribution in [1.82, 2.24) is 0 Å². The monoisotopic (exact) mass is 184 g/mol. The molecular formula is C6H14FO3P. The van der Waals surface area contributed by atoms with Crippen molar-refractivity contribution in [1.29, 1.82) is 0 Å². The lowest BCUT2D eigenvalue weighted by atomic mass is 10.5. The molecule has 5 heteroatoms. The Morgan fingerprint density at radius 2 is 1.73 bits per heavy atom. The fraction of sp³-hybridized carbons (Fsp3) is 1.00. The van der Waals surface area contributed by atoms with Crippen molar-refractivity contribution >= 4 is 7.60 Å². The van der Waals surface area contributed by atoms with E-state index in [0.29, 0.717) is 0 Å². The zero-order valence-electron chi connectivity index (χ0n) is 7.20. The minimum absolute atomic E-state index is 0.293. The van der Waals surface area contributed by atoms with Gasteiger partial charge in [0.05, 0.1) is 11.8 Å². The minimum atomic E-state index is -3.49. The van der Waals surface area contributed by atoms with E-state index in [4.69, 9.17) is 4.52 Å². The van der Waals surface area contributed by atoms with Crippen LogP contribution in [0, 0.1) is 0 Å². The Bertz CT molecular complexity index is 158. The summed E-state index contributed by atoms with van der Waals surface area (Å²) in [4.78, 5) is 0. The van der Waals surface area contributed by atoms with E-state index in [2.05, 4.69) is 4.73 Å². The Morgan fingerprint density at radius 3 is 1.82 bits per heavy atom. The highest BCUT2D eigenvalue weighted by Gasteiger charge is 2.31. The first-order chi connectivity index (χ1) is 4.92. The van der Waals surface area contributed by atoms with Crippen molar-refractivity contribution in [2.75, 3.05) is 0 Å². The summed E-state index contributed by atoms with van der Waals surface area (Å²) in [5.41, 5.74) is -0.449. The van der Waals surface area contributed by atoms with Crippen molar-refractivity contribution < 1.29 is 18.3 Å². The molecule has 0 heterocycles. The van der Waals surface area contributed by atoms with Crippen LogP contribution in [0.2, 0.25) is 0 Å². The van der Waals surface area contributed by atoms with Gasteiger partial charge in [-0.2, -0.15) is 0 Å². The third-order valence-corrected chi connectivity index (χ3v) is 3.26. The fourth-order valence-electron chi connectivity index (χ4n) is 0.512. The van der Waals surface area contributed by atoms with E-state index in [1.807, 2.05) is 0 Å². The first-order valence-electron chi connectivity index (χ1n) is 3.51. The Balaban J connectivity index is 4.24. The molecule has 1 unspecified atom stereocenters. The van der Waals surface area contributed by atoms with Crippen molar-refractivity contribution in [2.45, 2.75) is 39.5 Å². The van der Waals surface area contributed by atoms with Gasteiger partial charge in [0.1, 0.15) is 0 Å². The molecule has 0 spiro atoms. The van der Waals surface area contributed by atoms with Gasteiger partial charge < -0.3 is 4.52 Å². The van der Waals surface area contributed by atoms with Gasteiger partial charge in [-0.3, -0.25) is 4.57 Å². The lowest BCUT2D eigenvalue weighted by Gasteiger charge is -2.18. The van der Waals surface area contributed by atoms with Gasteiger partial charge in [0, 0.05) is 0 Å². The summed E-state index contributed by atoms with van der Waals surface area (Å²) in [6.45, 7) is 6.52. The molecule has 0 N–H and O–H groups in total. The minimum Gasteiger partial charge on any atom is -0.304 e. The molecule has 1 atom stereocenters. The standard InChI is InChI=1S/C6H14FO3P/c1-5(2)9-11(8,10-7)6(3)4/h5-6H,1-4H3. The van der Waals surface area contributed by atoms with Crippen LogP contribution in [0.15, 0.2) is 0 Å². The van der Waals surface area contributed by atoms with Crippen LogP contribution in [0.4, 0.5) is 4.53 Å². The van der Waals surface area contributed by atoms with E-state index in [1.165, 1.54) is 0 Å². The van der Waals surface area contributed by atoms with Gasteiger partial charge in [-0.1, -0.05) is 13.8 Å². The van der Waals surface area contributed by atoms with Gasteiger partial charge in [0.2, 0.25) is 0 Å². The maximum atomic E-state index is 11.8. The second-order valence-corrected chi connectivity index (χ2v) is 5.32. The number of hydrogen-bond donors (Lipinski definition) is 0. The number of hydrogen-bond acceptors (Lipinski definition) is 3. The predicted molar refractivity (Wildman–Crippen MR) is 41.2 cm³/mol. The molecule has 0 aliphatic heterocycles. The first kappa shape index (κ1) is 11.1. The van der Waals surface area contributed by atoms with E-state index >= 15 is 0 Å². The third kappa shape index (κ3) is 3.32. The molecule has 0 aromatic heterocycles. The van der Waals surface area contributed by atoms with Gasteiger partial charge in [0.15, 0.2) is 0 Å². The van der Waals surface area contributed by atoms with Crippen molar-refractivity contribution in [2.24, 2.45) is 0 Å². The second-order valence-electron chi connectivity index (χ2n) is 2.86. The second kappa shape index (κ2) is 4.19. The highest BCUT2D eigenvalue weighted by molar-refractivity contribution is 7.54. The van der Waals surface area contributed by atoms with Crippen LogP contribution in [0.25, 0.3) is 0 Å². The highest BCUT2D eigenvalue weighted by Crippen LogP contribution is 2.53. The van der Waals surface area contributed by atoms with Crippen LogP contribution in [-0.2, 0) is 13.8 Å². The molecular weight excluding hydrogens is 170 g/mol. The molecule has 0 aliphatic carbocycles. The molecule has 11 heavy (non-hydrogen) atoms.